The van der Waals surface area contributed by atoms with Crippen LogP contribution in [0.4, 0.5) is 5.69 Å². The summed E-state index contributed by atoms with van der Waals surface area (Å²) < 4.78 is 0. The number of hydrogen-bond donors (Lipinski definition) is 2. The second-order valence-electron chi connectivity index (χ2n) is 2.28. The van der Waals surface area contributed by atoms with Crippen LogP contribution in [-0.2, 0) is 17.1 Å². The number of hydrogen-bond acceptors (Lipinski definition) is 2. The zero-order valence-electron chi connectivity index (χ0n) is 7.13. The molecule has 0 fully saturated rings. The molecule has 0 radical (unpaired) electrons. The normalized spacial score (nSPS) is 7.77. The molecule has 2 aromatic rings. The van der Waals surface area contributed by atoms with Gasteiger partial charge in [-0.05, 0) is 0 Å². The Labute approximate surface area is 88.9 Å². The molecule has 0 aliphatic rings. The van der Waals surface area contributed by atoms with Gasteiger partial charge in [0.15, 0.2) is 0 Å². The predicted octanol–water partition coefficient (Wildman–Crippen LogP) is 2.09. The van der Waals surface area contributed by atoms with E-state index in [9.17, 15) is 0 Å². The largest absolute Gasteiger partial charge is 0.748 e. The molecule has 13 heavy (non-hydrogen) atoms. The number of nitrogens with two attached hydrogens (primary N) is 1. The molecule has 76 valence electrons. The van der Waals surface area contributed by atoms with Crippen molar-refractivity contribution in [1.82, 2.24) is 0 Å². The minimum Gasteiger partial charge on any atom is -0.748 e. The first kappa shape index (κ1) is 12.0. The van der Waals surface area contributed by atoms with Crippen molar-refractivity contribution < 1.29 is 17.1 Å². The topological polar surface area (TPSA) is 38.0 Å². The first-order valence-electron chi connectivity index (χ1n) is 3.78. The average molecular weight is 216 g/mol. The first-order valence-corrected chi connectivity index (χ1v) is 3.78. The van der Waals surface area contributed by atoms with E-state index >= 15 is 0 Å². The first-order chi connectivity index (χ1) is 5.93. The van der Waals surface area contributed by atoms with Gasteiger partial charge < -0.3 is 35.8 Å². The number of nitrogen functional groups attached to an aromatic ring is 1. The van der Waals surface area contributed by atoms with E-state index in [1.54, 1.807) is 0 Å². The second kappa shape index (κ2) is 7.62. The van der Waals surface area contributed by atoms with Crippen molar-refractivity contribution in [2.75, 3.05) is 5.43 Å². The minimum absolute atomic E-state index is 0. The molecule has 0 saturated carbocycles. The van der Waals surface area contributed by atoms with Crippen LogP contribution in [0.5, 0.6) is 0 Å². The average Bonchev–Trinajstić information content (AvgIpc) is 2.81. The summed E-state index contributed by atoms with van der Waals surface area (Å²) in [7, 11) is 0. The molecular formula is C10H12FeN2-6. The molecule has 3 heteroatoms. The molecule has 3 N–H and O–H groups in total. The number of hydrazine groups is 1. The molecule has 0 aliphatic heterocycles. The Morgan fingerprint density at radius 2 is 1.31 bits per heavy atom. The molecule has 0 saturated heterocycles. The molecule has 0 unspecified atom stereocenters. The molecule has 0 aliphatic carbocycles. The summed E-state index contributed by atoms with van der Waals surface area (Å²) in [5.41, 5.74) is 3.47. The van der Waals surface area contributed by atoms with Crippen LogP contribution < -0.4 is 11.3 Å². The third-order valence-corrected chi connectivity index (χ3v) is 1.38. The maximum atomic E-state index is 5.04. The summed E-state index contributed by atoms with van der Waals surface area (Å²) in [6, 6.07) is 17.7. The Kier molecular flexibility index (Phi) is 7.02. The zero-order chi connectivity index (χ0) is 8.65. The standard InChI is InChI=1S/C5H7N2.C5H5.Fe/c6-7-5-3-1-2-4-5;1-2-4-5-3-1;/h1-4,7H,6H2;1-5H;/q-1;-5;. The van der Waals surface area contributed by atoms with Gasteiger partial charge >= 0.3 is 0 Å². The van der Waals surface area contributed by atoms with Gasteiger partial charge in [0.1, 0.15) is 0 Å². The zero-order valence-corrected chi connectivity index (χ0v) is 8.23. The minimum atomic E-state index is 0. The maximum absolute atomic E-state index is 5.04. The van der Waals surface area contributed by atoms with Crippen molar-refractivity contribution in [3.63, 3.8) is 0 Å². The molecule has 0 bridgehead atoms. The van der Waals surface area contributed by atoms with Crippen LogP contribution in [0, 0.1) is 0 Å². The van der Waals surface area contributed by atoms with E-state index in [4.69, 9.17) is 5.84 Å². The van der Waals surface area contributed by atoms with Crippen LogP contribution in [0.15, 0.2) is 54.6 Å². The Bertz CT molecular complexity index is 244. The molecule has 0 aromatic heterocycles. The van der Waals surface area contributed by atoms with Gasteiger partial charge in [0.25, 0.3) is 0 Å². The van der Waals surface area contributed by atoms with Crippen LogP contribution in [-0.4, -0.2) is 0 Å². The Balaban J connectivity index is 0.000000215. The third kappa shape index (κ3) is 5.25. The van der Waals surface area contributed by atoms with Crippen LogP contribution >= 0.6 is 0 Å². The molecular weight excluding hydrogens is 204 g/mol. The SMILES string of the molecule is NN[c-]1cccc1.[Fe].[cH-]1[cH-][cH-][cH-][cH-]1. The van der Waals surface area contributed by atoms with Gasteiger partial charge in [0, 0.05) is 17.1 Å². The van der Waals surface area contributed by atoms with Crippen molar-refractivity contribution in [2.45, 2.75) is 0 Å². The van der Waals surface area contributed by atoms with Gasteiger partial charge in [-0.1, -0.05) is 5.69 Å². The van der Waals surface area contributed by atoms with E-state index in [0.717, 1.165) is 5.69 Å². The Morgan fingerprint density at radius 1 is 0.923 bits per heavy atom. The molecule has 2 nitrogen and oxygen atoms in total. The fraction of sp³-hybridized carbons (Fsp3) is 0. The van der Waals surface area contributed by atoms with Gasteiger partial charge in [0.2, 0.25) is 0 Å². The summed E-state index contributed by atoms with van der Waals surface area (Å²) in [6.07, 6.45) is 0. The van der Waals surface area contributed by atoms with Gasteiger partial charge in [-0.2, -0.15) is 12.1 Å². The van der Waals surface area contributed by atoms with Crippen LogP contribution in [0.2, 0.25) is 0 Å². The fourth-order valence-corrected chi connectivity index (χ4v) is 0.791. The number of rotatable bonds is 1. The third-order valence-electron chi connectivity index (χ3n) is 1.38. The number of nitrogens with one attached hydrogen (secondary N) is 1. The monoisotopic (exact) mass is 216 g/mol. The van der Waals surface area contributed by atoms with Crippen molar-refractivity contribution in [1.29, 1.82) is 0 Å². The van der Waals surface area contributed by atoms with Crippen molar-refractivity contribution in [2.24, 2.45) is 5.84 Å². The fourth-order valence-electron chi connectivity index (χ4n) is 0.791. The van der Waals surface area contributed by atoms with E-state index in [2.05, 4.69) is 5.43 Å². The Hall–Kier alpha value is -1.02. The molecule has 0 heterocycles. The van der Waals surface area contributed by atoms with Crippen LogP contribution in [0.3, 0.4) is 0 Å². The van der Waals surface area contributed by atoms with Crippen LogP contribution in [0.1, 0.15) is 0 Å². The summed E-state index contributed by atoms with van der Waals surface area (Å²) in [6.45, 7) is 0. The molecule has 0 spiro atoms. The summed E-state index contributed by atoms with van der Waals surface area (Å²) in [5, 5.41) is 0. The summed E-state index contributed by atoms with van der Waals surface area (Å²) in [4.78, 5) is 0. The maximum Gasteiger partial charge on any atom is 0 e. The second-order valence-corrected chi connectivity index (χ2v) is 2.28. The van der Waals surface area contributed by atoms with Crippen molar-refractivity contribution in [3.8, 4) is 0 Å². The molecule has 0 atom stereocenters. The van der Waals surface area contributed by atoms with E-state index < -0.39 is 0 Å². The van der Waals surface area contributed by atoms with Gasteiger partial charge in [0.05, 0.1) is 0 Å². The van der Waals surface area contributed by atoms with Crippen LogP contribution in [0.25, 0.3) is 0 Å². The molecule has 2 rings (SSSR count). The predicted molar refractivity (Wildman–Crippen MR) is 51.9 cm³/mol. The summed E-state index contributed by atoms with van der Waals surface area (Å²) >= 11 is 0. The van der Waals surface area contributed by atoms with E-state index in [0.29, 0.717) is 0 Å². The molecule has 2 aromatic carbocycles. The van der Waals surface area contributed by atoms with E-state index in [-0.39, 0.29) is 17.1 Å². The summed E-state index contributed by atoms with van der Waals surface area (Å²) in [5.74, 6) is 5.04. The van der Waals surface area contributed by atoms with Crippen molar-refractivity contribution >= 4 is 5.69 Å². The van der Waals surface area contributed by atoms with Gasteiger partial charge in [-0.25, -0.2) is 12.1 Å². The molecule has 0 amide bonds. The smallest absolute Gasteiger partial charge is 0 e. The Morgan fingerprint density at radius 3 is 1.54 bits per heavy atom. The van der Waals surface area contributed by atoms with Crippen molar-refractivity contribution in [3.05, 3.63) is 54.6 Å². The van der Waals surface area contributed by atoms with E-state index in [1.165, 1.54) is 0 Å². The van der Waals surface area contributed by atoms with Gasteiger partial charge in [-0.15, -0.1) is 0 Å². The van der Waals surface area contributed by atoms with E-state index in [1.807, 2.05) is 54.6 Å². The number of anilines is 1. The quantitative estimate of drug-likeness (QED) is 0.331. The van der Waals surface area contributed by atoms with Gasteiger partial charge in [-0.3, -0.25) is 5.84 Å².